The largest absolute Gasteiger partial charge is 0.490 e. The number of hydrogen-bond donors (Lipinski definition) is 0. The van der Waals surface area contributed by atoms with Gasteiger partial charge in [-0.3, -0.25) is 0 Å². The molecular weight excluding hydrogens is 172 g/mol. The number of hydrogen-bond acceptors (Lipinski definition) is 1. The van der Waals surface area contributed by atoms with Gasteiger partial charge in [0.1, 0.15) is 11.9 Å². The van der Waals surface area contributed by atoms with E-state index >= 15 is 0 Å². The van der Waals surface area contributed by atoms with Gasteiger partial charge < -0.3 is 4.74 Å². The predicted molar refractivity (Wildman–Crippen MR) is 50.0 cm³/mol. The van der Waals surface area contributed by atoms with Gasteiger partial charge in [-0.25, -0.2) is 0 Å². The molecule has 0 amide bonds. The molecule has 2 atom stereocenters. The van der Waals surface area contributed by atoms with Crippen LogP contribution in [0.4, 0.5) is 0 Å². The Morgan fingerprint density at radius 3 is 2.92 bits per heavy atom. The van der Waals surface area contributed by atoms with Crippen LogP contribution in [0.2, 0.25) is 0 Å². The van der Waals surface area contributed by atoms with E-state index in [0.717, 1.165) is 5.75 Å². The van der Waals surface area contributed by atoms with Crippen LogP contribution in [0.25, 0.3) is 0 Å². The maximum Gasteiger partial charge on any atom is 0.123 e. The second kappa shape index (κ2) is 2.98. The minimum absolute atomic E-state index is 0.222. The van der Waals surface area contributed by atoms with Crippen molar-refractivity contribution < 1.29 is 4.74 Å². The smallest absolute Gasteiger partial charge is 0.123 e. The molecule has 0 fully saturated rings. The number of fused-ring (bicyclic) bond motifs is 1. The number of alkyl halides is 1. The normalized spacial score (nSPS) is 26.5. The SMILES string of the molecule is CC1Oc2ccccc2C1CCl. The third-order valence-corrected chi connectivity index (χ3v) is 2.70. The van der Waals surface area contributed by atoms with Crippen LogP contribution in [-0.4, -0.2) is 12.0 Å². The number of halogens is 1. The van der Waals surface area contributed by atoms with Crippen molar-refractivity contribution in [3.05, 3.63) is 29.8 Å². The van der Waals surface area contributed by atoms with Gasteiger partial charge in [-0.15, -0.1) is 11.6 Å². The first kappa shape index (κ1) is 7.93. The summed E-state index contributed by atoms with van der Waals surface area (Å²) in [5, 5.41) is 0. The topological polar surface area (TPSA) is 9.23 Å². The Hall–Kier alpha value is -0.690. The van der Waals surface area contributed by atoms with Gasteiger partial charge in [0.05, 0.1) is 0 Å². The fraction of sp³-hybridized carbons (Fsp3) is 0.400. The van der Waals surface area contributed by atoms with Gasteiger partial charge in [-0.1, -0.05) is 18.2 Å². The van der Waals surface area contributed by atoms with E-state index in [0.29, 0.717) is 11.8 Å². The van der Waals surface area contributed by atoms with Crippen LogP contribution >= 0.6 is 11.6 Å². The lowest BCUT2D eigenvalue weighted by Gasteiger charge is -2.09. The van der Waals surface area contributed by atoms with E-state index in [1.165, 1.54) is 5.56 Å². The lowest BCUT2D eigenvalue weighted by Crippen LogP contribution is -2.14. The molecule has 1 aliphatic rings. The highest BCUT2D eigenvalue weighted by molar-refractivity contribution is 6.18. The Morgan fingerprint density at radius 2 is 2.17 bits per heavy atom. The Morgan fingerprint density at radius 1 is 1.42 bits per heavy atom. The van der Waals surface area contributed by atoms with Crippen molar-refractivity contribution in [3.8, 4) is 5.75 Å². The van der Waals surface area contributed by atoms with Gasteiger partial charge >= 0.3 is 0 Å². The van der Waals surface area contributed by atoms with E-state index < -0.39 is 0 Å². The van der Waals surface area contributed by atoms with Crippen molar-refractivity contribution in [2.45, 2.75) is 18.9 Å². The summed E-state index contributed by atoms with van der Waals surface area (Å²) in [6, 6.07) is 8.10. The molecule has 12 heavy (non-hydrogen) atoms. The van der Waals surface area contributed by atoms with Crippen molar-refractivity contribution >= 4 is 11.6 Å². The summed E-state index contributed by atoms with van der Waals surface area (Å²) >= 11 is 5.85. The molecule has 0 saturated carbocycles. The zero-order chi connectivity index (χ0) is 8.55. The number of benzene rings is 1. The average Bonchev–Trinajstić information content (AvgIpc) is 2.40. The summed E-state index contributed by atoms with van der Waals surface area (Å²) < 4.78 is 5.63. The van der Waals surface area contributed by atoms with Crippen molar-refractivity contribution in [3.63, 3.8) is 0 Å². The van der Waals surface area contributed by atoms with E-state index in [-0.39, 0.29) is 6.10 Å². The molecule has 1 aromatic rings. The lowest BCUT2D eigenvalue weighted by molar-refractivity contribution is 0.233. The molecule has 1 aliphatic heterocycles. The fourth-order valence-corrected chi connectivity index (χ4v) is 2.06. The Bertz CT molecular complexity index is 285. The first-order valence-electron chi connectivity index (χ1n) is 4.14. The van der Waals surface area contributed by atoms with E-state index in [4.69, 9.17) is 16.3 Å². The van der Waals surface area contributed by atoms with Crippen molar-refractivity contribution in [1.29, 1.82) is 0 Å². The first-order valence-corrected chi connectivity index (χ1v) is 4.68. The minimum atomic E-state index is 0.222. The molecule has 1 aromatic carbocycles. The predicted octanol–water partition coefficient (Wildman–Crippen LogP) is 2.79. The maximum absolute atomic E-state index is 5.85. The van der Waals surface area contributed by atoms with Gasteiger partial charge in [0, 0.05) is 17.4 Å². The minimum Gasteiger partial charge on any atom is -0.490 e. The molecule has 1 heterocycles. The number of rotatable bonds is 1. The summed E-state index contributed by atoms with van der Waals surface area (Å²) in [5.41, 5.74) is 1.25. The van der Waals surface area contributed by atoms with E-state index in [9.17, 15) is 0 Å². The molecule has 1 nitrogen and oxygen atoms in total. The molecule has 2 rings (SSSR count). The molecule has 0 saturated heterocycles. The molecule has 0 radical (unpaired) electrons. The van der Waals surface area contributed by atoms with Crippen LogP contribution in [0.1, 0.15) is 18.4 Å². The van der Waals surface area contributed by atoms with Crippen LogP contribution in [0.3, 0.4) is 0 Å². The van der Waals surface area contributed by atoms with Crippen molar-refractivity contribution in [2.75, 3.05) is 5.88 Å². The van der Waals surface area contributed by atoms with Crippen LogP contribution < -0.4 is 4.74 Å². The van der Waals surface area contributed by atoms with Crippen LogP contribution in [0, 0.1) is 0 Å². The molecule has 0 N–H and O–H groups in total. The third-order valence-electron chi connectivity index (χ3n) is 2.36. The van der Waals surface area contributed by atoms with E-state index in [2.05, 4.69) is 13.0 Å². The molecule has 0 aliphatic carbocycles. The van der Waals surface area contributed by atoms with E-state index in [1.54, 1.807) is 0 Å². The Labute approximate surface area is 77.3 Å². The zero-order valence-corrected chi connectivity index (χ0v) is 7.71. The Balaban J connectivity index is 2.40. The number of para-hydroxylation sites is 1. The Kier molecular flexibility index (Phi) is 1.97. The van der Waals surface area contributed by atoms with Crippen LogP contribution in [-0.2, 0) is 0 Å². The van der Waals surface area contributed by atoms with Crippen molar-refractivity contribution in [2.24, 2.45) is 0 Å². The maximum atomic E-state index is 5.85. The molecular formula is C10H11ClO. The van der Waals surface area contributed by atoms with Gasteiger partial charge in [0.25, 0.3) is 0 Å². The zero-order valence-electron chi connectivity index (χ0n) is 6.96. The van der Waals surface area contributed by atoms with Crippen LogP contribution in [0.15, 0.2) is 24.3 Å². The third kappa shape index (κ3) is 1.09. The standard InChI is InChI=1S/C10H11ClO/c1-7-9(6-11)8-4-2-3-5-10(8)12-7/h2-5,7,9H,6H2,1H3. The van der Waals surface area contributed by atoms with Gasteiger partial charge in [-0.2, -0.15) is 0 Å². The number of ether oxygens (including phenoxy) is 1. The van der Waals surface area contributed by atoms with E-state index in [1.807, 2.05) is 18.2 Å². The lowest BCUT2D eigenvalue weighted by atomic mass is 9.99. The molecule has 2 heteroatoms. The van der Waals surface area contributed by atoms with Crippen molar-refractivity contribution in [1.82, 2.24) is 0 Å². The average molecular weight is 183 g/mol. The summed E-state index contributed by atoms with van der Waals surface area (Å²) in [5.74, 6) is 2.00. The molecule has 0 aromatic heterocycles. The monoisotopic (exact) mass is 182 g/mol. The molecule has 2 unspecified atom stereocenters. The second-order valence-electron chi connectivity index (χ2n) is 3.12. The summed E-state index contributed by atoms with van der Waals surface area (Å²) in [6.45, 7) is 2.06. The second-order valence-corrected chi connectivity index (χ2v) is 3.43. The van der Waals surface area contributed by atoms with Gasteiger partial charge in [0.15, 0.2) is 0 Å². The highest BCUT2D eigenvalue weighted by Gasteiger charge is 2.29. The van der Waals surface area contributed by atoms with Crippen LogP contribution in [0.5, 0.6) is 5.75 Å². The quantitative estimate of drug-likeness (QED) is 0.607. The van der Waals surface area contributed by atoms with Gasteiger partial charge in [-0.05, 0) is 13.0 Å². The highest BCUT2D eigenvalue weighted by Crippen LogP contribution is 2.38. The first-order chi connectivity index (χ1) is 5.83. The molecule has 64 valence electrons. The molecule has 0 bridgehead atoms. The fourth-order valence-electron chi connectivity index (χ4n) is 1.64. The molecule has 0 spiro atoms. The summed E-state index contributed by atoms with van der Waals surface area (Å²) in [4.78, 5) is 0. The highest BCUT2D eigenvalue weighted by atomic mass is 35.5. The summed E-state index contributed by atoms with van der Waals surface area (Å²) in [6.07, 6.45) is 0.222. The van der Waals surface area contributed by atoms with Gasteiger partial charge in [0.2, 0.25) is 0 Å². The summed E-state index contributed by atoms with van der Waals surface area (Å²) in [7, 11) is 0.